The fraction of sp³-hybridized carbons (Fsp3) is 0.429. The van der Waals surface area contributed by atoms with Crippen molar-refractivity contribution < 1.29 is 9.59 Å². The van der Waals surface area contributed by atoms with E-state index < -0.39 is 0 Å². The van der Waals surface area contributed by atoms with E-state index in [0.29, 0.717) is 18.8 Å². The maximum absolute atomic E-state index is 13.0. The van der Waals surface area contributed by atoms with Gasteiger partial charge in [0.05, 0.1) is 0 Å². The van der Waals surface area contributed by atoms with Gasteiger partial charge in [-0.05, 0) is 23.6 Å². The summed E-state index contributed by atoms with van der Waals surface area (Å²) in [6.07, 6.45) is 3.54. The van der Waals surface area contributed by atoms with Crippen LogP contribution in [0.4, 0.5) is 5.69 Å². The van der Waals surface area contributed by atoms with E-state index >= 15 is 0 Å². The van der Waals surface area contributed by atoms with Gasteiger partial charge in [0, 0.05) is 39.3 Å². The second kappa shape index (κ2) is 9.80. The number of anilines is 1. The Hall–Kier alpha value is -2.56. The minimum atomic E-state index is -0.109. The minimum Gasteiger partial charge on any atom is -0.373 e. The van der Waals surface area contributed by atoms with Crippen LogP contribution in [0.1, 0.15) is 27.2 Å². The summed E-state index contributed by atoms with van der Waals surface area (Å²) >= 11 is 0. The molecule has 0 spiro atoms. The number of hydrogen-bond acceptors (Lipinski definition) is 3. The Balaban J connectivity index is 2.83. The number of nitrogens with one attached hydrogen (secondary N) is 1. The molecule has 0 heterocycles. The highest BCUT2D eigenvalue weighted by Gasteiger charge is 2.24. The maximum Gasteiger partial charge on any atom is 0.270 e. The van der Waals surface area contributed by atoms with Crippen LogP contribution in [-0.2, 0) is 9.59 Å². The van der Waals surface area contributed by atoms with Crippen molar-refractivity contribution in [3.63, 3.8) is 0 Å². The molecule has 26 heavy (non-hydrogen) atoms. The molecular weight excluding hydrogens is 326 g/mol. The largest absolute Gasteiger partial charge is 0.373 e. The van der Waals surface area contributed by atoms with Crippen LogP contribution in [0.15, 0.2) is 54.8 Å². The third-order valence-corrected chi connectivity index (χ3v) is 3.60. The fourth-order valence-electron chi connectivity index (χ4n) is 2.49. The lowest BCUT2D eigenvalue weighted by atomic mass is 9.95. The second-order valence-corrected chi connectivity index (χ2v) is 7.63. The van der Waals surface area contributed by atoms with Crippen LogP contribution in [0.2, 0.25) is 0 Å². The first-order valence-corrected chi connectivity index (χ1v) is 8.78. The van der Waals surface area contributed by atoms with E-state index in [1.165, 1.54) is 0 Å². The van der Waals surface area contributed by atoms with Crippen LogP contribution in [0.25, 0.3) is 0 Å². The summed E-state index contributed by atoms with van der Waals surface area (Å²) in [5.41, 5.74) is 1.23. The van der Waals surface area contributed by atoms with E-state index in [0.717, 1.165) is 5.69 Å². The van der Waals surface area contributed by atoms with Gasteiger partial charge in [0.2, 0.25) is 5.91 Å². The van der Waals surface area contributed by atoms with Crippen molar-refractivity contribution >= 4 is 17.5 Å². The van der Waals surface area contributed by atoms with Crippen LogP contribution in [0, 0.1) is 5.41 Å². The molecule has 0 radical (unpaired) electrons. The molecule has 0 unspecified atom stereocenters. The second-order valence-electron chi connectivity index (χ2n) is 7.63. The lowest BCUT2D eigenvalue weighted by Crippen LogP contribution is -2.42. The molecule has 142 valence electrons. The molecule has 1 N–H and O–H groups in total. The van der Waals surface area contributed by atoms with Crippen LogP contribution in [0.5, 0.6) is 0 Å². The molecule has 5 nitrogen and oxygen atoms in total. The first kappa shape index (κ1) is 21.5. The third kappa shape index (κ3) is 7.55. The molecule has 5 heteroatoms. The van der Waals surface area contributed by atoms with Crippen LogP contribution < -0.4 is 5.32 Å². The molecule has 0 aliphatic rings. The number of benzene rings is 1. The summed E-state index contributed by atoms with van der Waals surface area (Å²) < 4.78 is 0. The van der Waals surface area contributed by atoms with Crippen molar-refractivity contribution in [1.82, 2.24) is 9.80 Å². The van der Waals surface area contributed by atoms with E-state index in [4.69, 9.17) is 0 Å². The number of hydrogen-bond donors (Lipinski definition) is 1. The summed E-state index contributed by atoms with van der Waals surface area (Å²) in [4.78, 5) is 28.7. The van der Waals surface area contributed by atoms with Crippen molar-refractivity contribution in [2.45, 2.75) is 27.2 Å². The molecule has 0 aliphatic heterocycles. The Bertz CT molecular complexity index is 643. The number of carbonyl (C=O) groups is 2. The van der Waals surface area contributed by atoms with Gasteiger partial charge >= 0.3 is 0 Å². The topological polar surface area (TPSA) is 52.7 Å². The number of amides is 2. The summed E-state index contributed by atoms with van der Waals surface area (Å²) in [6.45, 7) is 10.8. The zero-order chi connectivity index (χ0) is 19.7. The van der Waals surface area contributed by atoms with E-state index in [-0.39, 0.29) is 23.7 Å². The third-order valence-electron chi connectivity index (χ3n) is 3.60. The van der Waals surface area contributed by atoms with Gasteiger partial charge < -0.3 is 15.1 Å². The monoisotopic (exact) mass is 357 g/mol. The zero-order valence-electron chi connectivity index (χ0n) is 16.6. The summed E-state index contributed by atoms with van der Waals surface area (Å²) in [7, 11) is 3.65. The number of likely N-dealkylation sites (N-methyl/N-ethyl adjacent to an activating group) is 1. The highest BCUT2D eigenvalue weighted by molar-refractivity contribution is 5.94. The van der Waals surface area contributed by atoms with Gasteiger partial charge in [-0.15, -0.1) is 0 Å². The van der Waals surface area contributed by atoms with Crippen LogP contribution in [0.3, 0.4) is 0 Å². The predicted octanol–water partition coefficient (Wildman–Crippen LogP) is 3.52. The molecule has 1 aromatic rings. The van der Waals surface area contributed by atoms with E-state index in [1.807, 2.05) is 44.4 Å². The van der Waals surface area contributed by atoms with Gasteiger partial charge in [-0.25, -0.2) is 0 Å². The number of para-hydroxylation sites is 1. The van der Waals surface area contributed by atoms with Gasteiger partial charge in [0.15, 0.2) is 0 Å². The predicted molar refractivity (Wildman–Crippen MR) is 108 cm³/mol. The highest BCUT2D eigenvalue weighted by Crippen LogP contribution is 2.18. The Morgan fingerprint density at radius 1 is 1.15 bits per heavy atom. The Kier molecular flexibility index (Phi) is 8.10. The molecule has 1 aromatic carbocycles. The van der Waals surface area contributed by atoms with Crippen molar-refractivity contribution in [3.05, 3.63) is 54.8 Å². The fourth-order valence-corrected chi connectivity index (χ4v) is 2.49. The lowest BCUT2D eigenvalue weighted by Gasteiger charge is -2.32. The quantitative estimate of drug-likeness (QED) is 0.572. The Morgan fingerprint density at radius 3 is 2.27 bits per heavy atom. The van der Waals surface area contributed by atoms with Gasteiger partial charge in [0.1, 0.15) is 5.70 Å². The number of carbonyl (C=O) groups excluding carboxylic acids is 2. The van der Waals surface area contributed by atoms with Crippen molar-refractivity contribution in [1.29, 1.82) is 0 Å². The zero-order valence-corrected chi connectivity index (χ0v) is 16.6. The molecule has 1 rings (SSSR count). The number of allylic oxidation sites excluding steroid dienone is 2. The average molecular weight is 357 g/mol. The molecular formula is C21H31N3O2. The van der Waals surface area contributed by atoms with Gasteiger partial charge in [-0.3, -0.25) is 9.59 Å². The average Bonchev–Trinajstić information content (AvgIpc) is 2.55. The van der Waals surface area contributed by atoms with E-state index in [9.17, 15) is 9.59 Å². The Morgan fingerprint density at radius 2 is 1.77 bits per heavy atom. The molecule has 0 saturated carbocycles. The van der Waals surface area contributed by atoms with E-state index in [1.54, 1.807) is 22.0 Å². The Labute approximate surface area is 157 Å². The normalized spacial score (nSPS) is 11.7. The standard InChI is InChI=1S/C21H31N3O2/c1-7-11-18(23(5)6)20(26)24(16-21(2,3)4)15-14-19(25)22-17-12-9-8-10-13-17/h7-13H,1,14-16H2,2-6H3,(H,22,25)/b18-11-. The molecule has 0 aliphatic carbocycles. The van der Waals surface area contributed by atoms with Gasteiger partial charge in [0.25, 0.3) is 5.91 Å². The summed E-state index contributed by atoms with van der Waals surface area (Å²) in [5.74, 6) is -0.209. The van der Waals surface area contributed by atoms with Gasteiger partial charge in [-0.2, -0.15) is 0 Å². The minimum absolute atomic E-state index is 0.0723. The molecule has 0 saturated heterocycles. The smallest absolute Gasteiger partial charge is 0.270 e. The maximum atomic E-state index is 13.0. The SMILES string of the molecule is C=C/C=C(/C(=O)N(CCC(=O)Nc1ccccc1)CC(C)(C)C)N(C)C. The molecule has 0 bridgehead atoms. The molecule has 0 aromatic heterocycles. The van der Waals surface area contributed by atoms with Crippen LogP contribution in [-0.4, -0.2) is 48.8 Å². The molecule has 2 amide bonds. The number of nitrogens with zero attached hydrogens (tertiary/aromatic N) is 2. The lowest BCUT2D eigenvalue weighted by molar-refractivity contribution is -0.130. The summed E-state index contributed by atoms with van der Waals surface area (Å²) in [5, 5.41) is 2.86. The summed E-state index contributed by atoms with van der Waals surface area (Å²) in [6, 6.07) is 9.32. The first-order chi connectivity index (χ1) is 12.1. The number of rotatable bonds is 8. The molecule has 0 fully saturated rings. The van der Waals surface area contributed by atoms with Gasteiger partial charge in [-0.1, -0.05) is 51.6 Å². The molecule has 0 atom stereocenters. The first-order valence-electron chi connectivity index (χ1n) is 8.78. The van der Waals surface area contributed by atoms with E-state index in [2.05, 4.69) is 32.7 Å². The van der Waals surface area contributed by atoms with Crippen molar-refractivity contribution in [2.24, 2.45) is 5.41 Å². The van der Waals surface area contributed by atoms with Crippen molar-refractivity contribution in [2.75, 3.05) is 32.5 Å². The highest BCUT2D eigenvalue weighted by atomic mass is 16.2. The van der Waals surface area contributed by atoms with Crippen LogP contribution >= 0.6 is 0 Å². The van der Waals surface area contributed by atoms with Crippen molar-refractivity contribution in [3.8, 4) is 0 Å².